The summed E-state index contributed by atoms with van der Waals surface area (Å²) < 4.78 is 15.6. The van der Waals surface area contributed by atoms with E-state index in [2.05, 4.69) is 5.32 Å². The summed E-state index contributed by atoms with van der Waals surface area (Å²) in [6.45, 7) is 0.559. The lowest BCUT2D eigenvalue weighted by atomic mass is 10.1. The highest BCUT2D eigenvalue weighted by Gasteiger charge is 2.16. The molecule has 0 bridgehead atoms. The van der Waals surface area contributed by atoms with Crippen LogP contribution in [0.4, 0.5) is 0 Å². The first-order valence-electron chi connectivity index (χ1n) is 7.29. The lowest BCUT2D eigenvalue weighted by Gasteiger charge is -2.11. The Balaban J connectivity index is 1.45. The van der Waals surface area contributed by atoms with E-state index in [0.29, 0.717) is 30.2 Å². The minimum atomic E-state index is -0.682. The molecule has 1 aromatic carbocycles. The maximum Gasteiger partial charge on any atom is 0.244 e. The number of amides is 1. The minimum Gasteiger partial charge on any atom is -0.465 e. The molecule has 0 aliphatic carbocycles. The van der Waals surface area contributed by atoms with Gasteiger partial charge < -0.3 is 24.3 Å². The molecule has 6 nitrogen and oxygen atoms in total. The van der Waals surface area contributed by atoms with E-state index in [4.69, 9.17) is 13.9 Å². The quantitative estimate of drug-likeness (QED) is 0.799. The fraction of sp³-hybridized carbons (Fsp3) is 0.235. The Morgan fingerprint density at radius 3 is 3.00 bits per heavy atom. The van der Waals surface area contributed by atoms with Crippen molar-refractivity contribution in [3.8, 4) is 11.5 Å². The van der Waals surface area contributed by atoms with Crippen LogP contribution in [0.1, 0.15) is 23.8 Å². The van der Waals surface area contributed by atoms with Crippen LogP contribution in [0.3, 0.4) is 0 Å². The molecule has 120 valence electrons. The first kappa shape index (κ1) is 15.2. The van der Waals surface area contributed by atoms with Crippen molar-refractivity contribution in [3.63, 3.8) is 0 Å². The molecule has 23 heavy (non-hydrogen) atoms. The molecule has 0 radical (unpaired) electrons. The molecule has 3 rings (SSSR count). The SMILES string of the molecule is O=C(/C=C/c1ccco1)NCC[C@H](O)c1ccc2c(c1)OCO2. The predicted molar refractivity (Wildman–Crippen MR) is 82.9 cm³/mol. The lowest BCUT2D eigenvalue weighted by molar-refractivity contribution is -0.116. The average Bonchev–Trinajstić information content (AvgIpc) is 3.23. The molecule has 1 aliphatic heterocycles. The number of nitrogens with one attached hydrogen (secondary N) is 1. The first-order chi connectivity index (χ1) is 11.2. The number of carbonyl (C=O) groups excluding carboxylic acids is 1. The second kappa shape index (κ2) is 7.02. The normalized spacial score (nSPS) is 14.1. The number of carbonyl (C=O) groups is 1. The summed E-state index contributed by atoms with van der Waals surface area (Å²) in [6, 6.07) is 8.82. The topological polar surface area (TPSA) is 80.9 Å². The van der Waals surface area contributed by atoms with Gasteiger partial charge in [0.1, 0.15) is 5.76 Å². The molecule has 1 atom stereocenters. The number of benzene rings is 1. The van der Waals surface area contributed by atoms with E-state index in [-0.39, 0.29) is 12.7 Å². The summed E-state index contributed by atoms with van der Waals surface area (Å²) in [4.78, 5) is 11.7. The molecule has 2 aromatic rings. The number of aliphatic hydroxyl groups is 1. The summed E-state index contributed by atoms with van der Waals surface area (Å²) in [5, 5.41) is 12.9. The zero-order valence-electron chi connectivity index (χ0n) is 12.4. The summed E-state index contributed by atoms with van der Waals surface area (Å²) in [6.07, 6.45) is 4.24. The van der Waals surface area contributed by atoms with Crippen LogP contribution < -0.4 is 14.8 Å². The Kier molecular flexibility index (Phi) is 4.63. The van der Waals surface area contributed by atoms with Gasteiger partial charge in [0.15, 0.2) is 11.5 Å². The van der Waals surface area contributed by atoms with Crippen LogP contribution in [-0.4, -0.2) is 24.4 Å². The van der Waals surface area contributed by atoms with Gasteiger partial charge in [0.2, 0.25) is 12.7 Å². The van der Waals surface area contributed by atoms with Gasteiger partial charge in [-0.2, -0.15) is 0 Å². The van der Waals surface area contributed by atoms with Gasteiger partial charge in [0, 0.05) is 12.6 Å². The van der Waals surface area contributed by atoms with E-state index in [1.54, 1.807) is 42.7 Å². The maximum atomic E-state index is 11.7. The van der Waals surface area contributed by atoms with Gasteiger partial charge in [-0.1, -0.05) is 6.07 Å². The highest BCUT2D eigenvalue weighted by molar-refractivity contribution is 5.91. The van der Waals surface area contributed by atoms with E-state index >= 15 is 0 Å². The van der Waals surface area contributed by atoms with E-state index < -0.39 is 6.10 Å². The van der Waals surface area contributed by atoms with Crippen LogP contribution in [0.15, 0.2) is 47.1 Å². The Morgan fingerprint density at radius 1 is 1.30 bits per heavy atom. The lowest BCUT2D eigenvalue weighted by Crippen LogP contribution is -2.23. The van der Waals surface area contributed by atoms with Crippen molar-refractivity contribution in [2.75, 3.05) is 13.3 Å². The van der Waals surface area contributed by atoms with Crippen molar-refractivity contribution in [3.05, 3.63) is 54.0 Å². The summed E-state index contributed by atoms with van der Waals surface area (Å²) >= 11 is 0. The number of aliphatic hydroxyl groups excluding tert-OH is 1. The molecular weight excluding hydrogens is 298 g/mol. The number of furan rings is 1. The molecule has 6 heteroatoms. The van der Waals surface area contributed by atoms with Crippen LogP contribution in [0, 0.1) is 0 Å². The third-order valence-electron chi connectivity index (χ3n) is 3.44. The van der Waals surface area contributed by atoms with Gasteiger partial charge in [-0.05, 0) is 42.3 Å². The van der Waals surface area contributed by atoms with Crippen molar-refractivity contribution in [2.45, 2.75) is 12.5 Å². The number of fused-ring (bicyclic) bond motifs is 1. The maximum absolute atomic E-state index is 11.7. The van der Waals surface area contributed by atoms with Gasteiger partial charge in [0.05, 0.1) is 12.4 Å². The van der Waals surface area contributed by atoms with Crippen LogP contribution in [0.25, 0.3) is 6.08 Å². The Hall–Kier alpha value is -2.73. The molecule has 0 unspecified atom stereocenters. The van der Waals surface area contributed by atoms with Crippen LogP contribution in [-0.2, 0) is 4.79 Å². The van der Waals surface area contributed by atoms with Gasteiger partial charge in [0.25, 0.3) is 0 Å². The molecule has 1 amide bonds. The molecule has 0 spiro atoms. The summed E-state index contributed by atoms with van der Waals surface area (Å²) in [5.41, 5.74) is 0.731. The van der Waals surface area contributed by atoms with E-state index in [9.17, 15) is 9.90 Å². The first-order valence-corrected chi connectivity index (χ1v) is 7.29. The standard InChI is InChI=1S/C17H17NO5/c19-14(12-3-5-15-16(10-12)23-11-22-15)7-8-18-17(20)6-4-13-2-1-9-21-13/h1-6,9-10,14,19H,7-8,11H2,(H,18,20)/b6-4+/t14-/m0/s1. The zero-order valence-corrected chi connectivity index (χ0v) is 12.4. The number of hydrogen-bond donors (Lipinski definition) is 2. The fourth-order valence-electron chi connectivity index (χ4n) is 2.22. The molecule has 1 aromatic heterocycles. The third kappa shape index (κ3) is 3.92. The van der Waals surface area contributed by atoms with Gasteiger partial charge >= 0.3 is 0 Å². The largest absolute Gasteiger partial charge is 0.465 e. The highest BCUT2D eigenvalue weighted by Crippen LogP contribution is 2.34. The van der Waals surface area contributed by atoms with Crippen molar-refractivity contribution in [2.24, 2.45) is 0 Å². The average molecular weight is 315 g/mol. The summed E-state index contributed by atoms with van der Waals surface area (Å²) in [5.74, 6) is 1.68. The van der Waals surface area contributed by atoms with Gasteiger partial charge in [-0.3, -0.25) is 4.79 Å². The van der Waals surface area contributed by atoms with Crippen LogP contribution >= 0.6 is 0 Å². The third-order valence-corrected chi connectivity index (χ3v) is 3.44. The zero-order chi connectivity index (χ0) is 16.1. The Bertz CT molecular complexity index is 693. The number of hydrogen-bond acceptors (Lipinski definition) is 5. The number of rotatable bonds is 6. The number of ether oxygens (including phenoxy) is 2. The van der Waals surface area contributed by atoms with E-state index in [1.165, 1.54) is 6.08 Å². The predicted octanol–water partition coefficient (Wildman–Crippen LogP) is 2.26. The van der Waals surface area contributed by atoms with E-state index in [0.717, 1.165) is 5.56 Å². The van der Waals surface area contributed by atoms with Crippen LogP contribution in [0.5, 0.6) is 11.5 Å². The second-order valence-corrected chi connectivity index (χ2v) is 5.06. The van der Waals surface area contributed by atoms with Crippen LogP contribution in [0.2, 0.25) is 0 Å². The highest BCUT2D eigenvalue weighted by atomic mass is 16.7. The molecule has 0 saturated carbocycles. The molecular formula is C17H17NO5. The monoisotopic (exact) mass is 315 g/mol. The summed E-state index contributed by atoms with van der Waals surface area (Å²) in [7, 11) is 0. The smallest absolute Gasteiger partial charge is 0.244 e. The molecule has 1 aliphatic rings. The second-order valence-electron chi connectivity index (χ2n) is 5.06. The van der Waals surface area contributed by atoms with Gasteiger partial charge in [-0.25, -0.2) is 0 Å². The van der Waals surface area contributed by atoms with Crippen molar-refractivity contribution >= 4 is 12.0 Å². The van der Waals surface area contributed by atoms with Crippen molar-refractivity contribution < 1.29 is 23.8 Å². The van der Waals surface area contributed by atoms with Crippen molar-refractivity contribution in [1.29, 1.82) is 0 Å². The fourth-order valence-corrected chi connectivity index (χ4v) is 2.22. The Labute approximate surface area is 133 Å². The van der Waals surface area contributed by atoms with Crippen molar-refractivity contribution in [1.82, 2.24) is 5.32 Å². The molecule has 0 saturated heterocycles. The molecule has 0 fully saturated rings. The van der Waals surface area contributed by atoms with Gasteiger partial charge in [-0.15, -0.1) is 0 Å². The Morgan fingerprint density at radius 2 is 2.17 bits per heavy atom. The van der Waals surface area contributed by atoms with E-state index in [1.807, 2.05) is 0 Å². The minimum absolute atomic E-state index is 0.201. The molecule has 2 heterocycles. The molecule has 2 N–H and O–H groups in total.